The number of carboxylic acid groups (broad SMARTS) is 1. The van der Waals surface area contributed by atoms with Gasteiger partial charge in [0.2, 0.25) is 0 Å². The van der Waals surface area contributed by atoms with Gasteiger partial charge >= 0.3 is 12.1 Å². The first-order valence-corrected chi connectivity index (χ1v) is 8.43. The van der Waals surface area contributed by atoms with Gasteiger partial charge in [-0.1, -0.05) is 0 Å². The van der Waals surface area contributed by atoms with Crippen LogP contribution in [0.25, 0.3) is 5.69 Å². The molecule has 2 atom stereocenters. The van der Waals surface area contributed by atoms with Gasteiger partial charge in [0, 0.05) is 17.6 Å². The van der Waals surface area contributed by atoms with Gasteiger partial charge in [0.25, 0.3) is 5.91 Å². The minimum absolute atomic E-state index is 0.0221. The number of amides is 1. The highest BCUT2D eigenvalue weighted by Gasteiger charge is 2.40. The molecule has 0 saturated carbocycles. The van der Waals surface area contributed by atoms with Gasteiger partial charge in [0.15, 0.2) is 5.69 Å². The number of halogens is 3. The second kappa shape index (κ2) is 6.71. The van der Waals surface area contributed by atoms with Crippen LogP contribution in [0.1, 0.15) is 53.1 Å². The number of hydrogen-bond acceptors (Lipinski definition) is 3. The lowest BCUT2D eigenvalue weighted by Gasteiger charge is -2.26. The van der Waals surface area contributed by atoms with Gasteiger partial charge in [-0.05, 0) is 51.0 Å². The van der Waals surface area contributed by atoms with Crippen LogP contribution in [0.3, 0.4) is 0 Å². The average Bonchev–Trinajstić information content (AvgIpc) is 3.18. The zero-order chi connectivity index (χ0) is 19.9. The van der Waals surface area contributed by atoms with Crippen molar-refractivity contribution < 1.29 is 27.9 Å². The molecule has 27 heavy (non-hydrogen) atoms. The van der Waals surface area contributed by atoms with Gasteiger partial charge in [-0.25, -0.2) is 9.48 Å². The molecule has 1 aliphatic heterocycles. The van der Waals surface area contributed by atoms with E-state index in [2.05, 4.69) is 5.10 Å². The summed E-state index contributed by atoms with van der Waals surface area (Å²) in [7, 11) is 0. The fourth-order valence-electron chi connectivity index (χ4n) is 3.46. The fraction of sp³-hybridized carbons (Fsp3) is 0.389. The number of alkyl halides is 3. The summed E-state index contributed by atoms with van der Waals surface area (Å²) in [5.41, 5.74) is -1.91. The van der Waals surface area contributed by atoms with Crippen molar-refractivity contribution in [3.05, 3.63) is 47.3 Å². The molecule has 2 aromatic rings. The molecule has 1 saturated heterocycles. The highest BCUT2D eigenvalue weighted by molar-refractivity contribution is 5.95. The highest BCUT2D eigenvalue weighted by atomic mass is 19.4. The van der Waals surface area contributed by atoms with Crippen LogP contribution in [-0.2, 0) is 6.18 Å². The van der Waals surface area contributed by atoms with Crippen LogP contribution in [0.2, 0.25) is 0 Å². The van der Waals surface area contributed by atoms with Gasteiger partial charge in [0.1, 0.15) is 5.56 Å². The number of aromatic carboxylic acids is 1. The lowest BCUT2D eigenvalue weighted by molar-refractivity contribution is -0.143. The van der Waals surface area contributed by atoms with Gasteiger partial charge in [0.05, 0.1) is 11.9 Å². The topological polar surface area (TPSA) is 75.4 Å². The van der Waals surface area contributed by atoms with Gasteiger partial charge in [-0.3, -0.25) is 4.79 Å². The van der Waals surface area contributed by atoms with Crippen LogP contribution < -0.4 is 0 Å². The van der Waals surface area contributed by atoms with Crippen molar-refractivity contribution >= 4 is 11.9 Å². The maximum Gasteiger partial charge on any atom is 0.434 e. The lowest BCUT2D eigenvalue weighted by Crippen LogP contribution is -2.38. The van der Waals surface area contributed by atoms with E-state index in [1.807, 2.05) is 13.8 Å². The van der Waals surface area contributed by atoms with Crippen molar-refractivity contribution in [1.29, 1.82) is 0 Å². The zero-order valence-corrected chi connectivity index (χ0v) is 14.7. The maximum absolute atomic E-state index is 13.3. The molecule has 0 spiro atoms. The summed E-state index contributed by atoms with van der Waals surface area (Å²) in [4.78, 5) is 25.5. The SMILES string of the molecule is CC1CCC(C)N1C(=O)c1ccc(-n2ncc(C(=O)O)c2C(F)(F)F)cc1. The molecule has 1 aromatic carbocycles. The molecule has 9 heteroatoms. The quantitative estimate of drug-likeness (QED) is 0.882. The number of carbonyl (C=O) groups excluding carboxylic acids is 1. The lowest BCUT2D eigenvalue weighted by atomic mass is 10.1. The summed E-state index contributed by atoms with van der Waals surface area (Å²) in [5, 5.41) is 12.5. The molecule has 1 aliphatic rings. The third-order valence-electron chi connectivity index (χ3n) is 4.81. The van der Waals surface area contributed by atoms with Crippen molar-refractivity contribution in [3.8, 4) is 5.69 Å². The predicted octanol–water partition coefficient (Wildman–Crippen LogP) is 3.60. The van der Waals surface area contributed by atoms with E-state index >= 15 is 0 Å². The molecule has 6 nitrogen and oxygen atoms in total. The Balaban J connectivity index is 1.95. The first kappa shape index (κ1) is 18.9. The monoisotopic (exact) mass is 381 g/mol. The fourth-order valence-corrected chi connectivity index (χ4v) is 3.46. The molecule has 1 fully saturated rings. The zero-order valence-electron chi connectivity index (χ0n) is 14.7. The van der Waals surface area contributed by atoms with Crippen molar-refractivity contribution in [2.45, 2.75) is 44.9 Å². The van der Waals surface area contributed by atoms with Crippen molar-refractivity contribution in [1.82, 2.24) is 14.7 Å². The Bertz CT molecular complexity index is 864. The van der Waals surface area contributed by atoms with Crippen LogP contribution in [0.4, 0.5) is 13.2 Å². The highest BCUT2D eigenvalue weighted by Crippen LogP contribution is 2.34. The van der Waals surface area contributed by atoms with Gasteiger partial charge in [-0.2, -0.15) is 18.3 Å². The normalized spacial score (nSPS) is 20.1. The number of nitrogens with zero attached hydrogens (tertiary/aromatic N) is 3. The Kier molecular flexibility index (Phi) is 4.71. The van der Waals surface area contributed by atoms with E-state index in [0.29, 0.717) is 16.4 Å². The summed E-state index contributed by atoms with van der Waals surface area (Å²) in [5.74, 6) is -1.89. The molecular formula is C18H18F3N3O3. The molecule has 144 valence electrons. The van der Waals surface area contributed by atoms with Gasteiger partial charge in [-0.15, -0.1) is 0 Å². The Labute approximate surface area is 153 Å². The number of aromatic nitrogens is 2. The van der Waals surface area contributed by atoms with Crippen molar-refractivity contribution in [2.24, 2.45) is 0 Å². The van der Waals surface area contributed by atoms with Crippen LogP contribution in [0.15, 0.2) is 30.5 Å². The van der Waals surface area contributed by atoms with E-state index in [1.54, 1.807) is 4.90 Å². The van der Waals surface area contributed by atoms with Crippen molar-refractivity contribution in [3.63, 3.8) is 0 Å². The molecule has 3 rings (SSSR count). The number of benzene rings is 1. The van der Waals surface area contributed by atoms with E-state index in [9.17, 15) is 22.8 Å². The number of carbonyl (C=O) groups is 2. The Morgan fingerprint density at radius 3 is 2.15 bits per heavy atom. The Hall–Kier alpha value is -2.84. The number of carboxylic acids is 1. The van der Waals surface area contributed by atoms with Gasteiger partial charge < -0.3 is 10.0 Å². The Morgan fingerprint density at radius 1 is 1.11 bits per heavy atom. The minimum atomic E-state index is -4.89. The first-order valence-electron chi connectivity index (χ1n) is 8.43. The second-order valence-corrected chi connectivity index (χ2v) is 6.66. The smallest absolute Gasteiger partial charge is 0.434 e. The Morgan fingerprint density at radius 2 is 1.67 bits per heavy atom. The molecule has 0 aliphatic carbocycles. The molecule has 2 heterocycles. The molecule has 0 radical (unpaired) electrons. The van der Waals surface area contributed by atoms with Crippen molar-refractivity contribution in [2.75, 3.05) is 0 Å². The third kappa shape index (κ3) is 3.41. The number of rotatable bonds is 3. The molecule has 0 bridgehead atoms. The van der Waals surface area contributed by atoms with Crippen LogP contribution in [-0.4, -0.2) is 43.7 Å². The number of likely N-dealkylation sites (tertiary alicyclic amines) is 1. The average molecular weight is 381 g/mol. The second-order valence-electron chi connectivity index (χ2n) is 6.66. The van der Waals surface area contributed by atoms with E-state index in [0.717, 1.165) is 12.8 Å². The van der Waals surface area contributed by atoms with E-state index in [1.165, 1.54) is 24.3 Å². The molecule has 2 unspecified atom stereocenters. The first-order chi connectivity index (χ1) is 12.6. The van der Waals surface area contributed by atoms with Crippen LogP contribution in [0, 0.1) is 0 Å². The number of hydrogen-bond donors (Lipinski definition) is 1. The third-order valence-corrected chi connectivity index (χ3v) is 4.81. The standard InChI is InChI=1S/C18H18F3N3O3/c1-10-3-4-11(2)23(10)16(25)12-5-7-13(8-6-12)24-15(18(19,20)21)14(9-22-24)17(26)27/h5-11H,3-4H2,1-2H3,(H,26,27). The minimum Gasteiger partial charge on any atom is -0.478 e. The molecule has 1 aromatic heterocycles. The summed E-state index contributed by atoms with van der Waals surface area (Å²) in [6, 6.07) is 5.72. The van der Waals surface area contributed by atoms with E-state index < -0.39 is 23.4 Å². The van der Waals surface area contributed by atoms with Crippen LogP contribution >= 0.6 is 0 Å². The molecule has 1 amide bonds. The van der Waals surface area contributed by atoms with E-state index in [4.69, 9.17) is 5.11 Å². The summed E-state index contributed by atoms with van der Waals surface area (Å²) in [6.07, 6.45) is -2.41. The largest absolute Gasteiger partial charge is 0.478 e. The molecule has 1 N–H and O–H groups in total. The summed E-state index contributed by atoms with van der Waals surface area (Å²) in [6.45, 7) is 3.92. The summed E-state index contributed by atoms with van der Waals surface area (Å²) >= 11 is 0. The van der Waals surface area contributed by atoms with Crippen LogP contribution in [0.5, 0.6) is 0 Å². The summed E-state index contributed by atoms with van der Waals surface area (Å²) < 4.78 is 40.4. The molecular weight excluding hydrogens is 363 g/mol. The maximum atomic E-state index is 13.3. The van der Waals surface area contributed by atoms with E-state index in [-0.39, 0.29) is 23.7 Å². The predicted molar refractivity (Wildman–Crippen MR) is 89.9 cm³/mol.